The number of sulfone groups is 1. The standard InChI is InChI=1S/C19H13ClN2O6S/c20-13-4-8-17(9-5-13)29(26,27)18-10-6-14(7-11-18)21-19(23)28-16-3-1-2-15(12-16)22(24)25/h1-12H,(H,21,23). The molecule has 148 valence electrons. The quantitative estimate of drug-likeness (QED) is 0.461. The van der Waals surface area contributed by atoms with Crippen LogP contribution in [0.4, 0.5) is 16.2 Å². The van der Waals surface area contributed by atoms with Gasteiger partial charge in [-0.3, -0.25) is 15.4 Å². The molecule has 0 aromatic heterocycles. The zero-order chi connectivity index (χ0) is 21.0. The van der Waals surface area contributed by atoms with Crippen molar-refractivity contribution in [2.24, 2.45) is 0 Å². The maximum atomic E-state index is 12.6. The first-order valence-corrected chi connectivity index (χ1v) is 9.96. The minimum atomic E-state index is -3.73. The van der Waals surface area contributed by atoms with Gasteiger partial charge >= 0.3 is 6.09 Å². The molecule has 0 aliphatic carbocycles. The second-order valence-corrected chi connectivity index (χ2v) is 8.14. The number of benzene rings is 3. The normalized spacial score (nSPS) is 10.9. The maximum absolute atomic E-state index is 12.6. The van der Waals surface area contributed by atoms with Crippen molar-refractivity contribution in [2.45, 2.75) is 9.79 Å². The van der Waals surface area contributed by atoms with E-state index in [9.17, 15) is 23.3 Å². The van der Waals surface area contributed by atoms with Crippen molar-refractivity contribution < 1.29 is 22.9 Å². The van der Waals surface area contributed by atoms with E-state index in [0.29, 0.717) is 5.02 Å². The van der Waals surface area contributed by atoms with Gasteiger partial charge < -0.3 is 4.74 Å². The van der Waals surface area contributed by atoms with Gasteiger partial charge in [0.1, 0.15) is 5.75 Å². The molecule has 0 spiro atoms. The first-order valence-electron chi connectivity index (χ1n) is 8.10. The van der Waals surface area contributed by atoms with Crippen LogP contribution in [0.3, 0.4) is 0 Å². The number of nitrogens with zero attached hydrogens (tertiary/aromatic N) is 1. The fraction of sp³-hybridized carbons (Fsp3) is 0. The van der Waals surface area contributed by atoms with E-state index in [0.717, 1.165) is 6.07 Å². The largest absolute Gasteiger partial charge is 0.417 e. The van der Waals surface area contributed by atoms with Gasteiger partial charge in [-0.25, -0.2) is 13.2 Å². The summed E-state index contributed by atoms with van der Waals surface area (Å²) in [7, 11) is -3.73. The lowest BCUT2D eigenvalue weighted by Crippen LogP contribution is -2.16. The van der Waals surface area contributed by atoms with E-state index in [4.69, 9.17) is 16.3 Å². The van der Waals surface area contributed by atoms with Gasteiger partial charge in [-0.1, -0.05) is 17.7 Å². The summed E-state index contributed by atoms with van der Waals surface area (Å²) in [6.45, 7) is 0. The molecule has 0 atom stereocenters. The minimum Gasteiger partial charge on any atom is -0.410 e. The van der Waals surface area contributed by atoms with Crippen molar-refractivity contribution in [3.05, 3.63) is 87.9 Å². The first-order chi connectivity index (χ1) is 13.8. The number of carbonyl (C=O) groups is 1. The molecule has 0 bridgehead atoms. The molecule has 1 N–H and O–H groups in total. The zero-order valence-corrected chi connectivity index (χ0v) is 16.2. The molecule has 0 unspecified atom stereocenters. The van der Waals surface area contributed by atoms with Crippen molar-refractivity contribution in [1.29, 1.82) is 0 Å². The number of non-ortho nitro benzene ring substituents is 1. The number of nitrogens with one attached hydrogen (secondary N) is 1. The Balaban J connectivity index is 1.70. The molecular formula is C19H13ClN2O6S. The van der Waals surface area contributed by atoms with Gasteiger partial charge in [0.25, 0.3) is 5.69 Å². The molecule has 3 aromatic carbocycles. The molecular weight excluding hydrogens is 420 g/mol. The lowest BCUT2D eigenvalue weighted by atomic mass is 10.3. The van der Waals surface area contributed by atoms with Gasteiger partial charge in [0.05, 0.1) is 20.8 Å². The van der Waals surface area contributed by atoms with Gasteiger partial charge in [-0.2, -0.15) is 0 Å². The van der Waals surface area contributed by atoms with E-state index in [1.807, 2.05) is 0 Å². The third-order valence-corrected chi connectivity index (χ3v) is 5.81. The highest BCUT2D eigenvalue weighted by Crippen LogP contribution is 2.24. The van der Waals surface area contributed by atoms with Gasteiger partial charge in [0.15, 0.2) is 0 Å². The highest BCUT2D eigenvalue weighted by atomic mass is 35.5. The summed E-state index contributed by atoms with van der Waals surface area (Å²) >= 11 is 5.78. The summed E-state index contributed by atoms with van der Waals surface area (Å²) in [5.41, 5.74) is 0.0718. The van der Waals surface area contributed by atoms with Crippen LogP contribution in [-0.4, -0.2) is 19.4 Å². The van der Waals surface area contributed by atoms with Crippen molar-refractivity contribution in [3.63, 3.8) is 0 Å². The predicted octanol–water partition coefficient (Wildman–Crippen LogP) is 4.69. The monoisotopic (exact) mass is 432 g/mol. The van der Waals surface area contributed by atoms with Crippen molar-refractivity contribution in [3.8, 4) is 5.75 Å². The van der Waals surface area contributed by atoms with Crippen molar-refractivity contribution >= 4 is 38.9 Å². The van der Waals surface area contributed by atoms with Crippen LogP contribution in [0.15, 0.2) is 82.6 Å². The number of nitro benzene ring substituents is 1. The Kier molecular flexibility index (Phi) is 5.81. The average molecular weight is 433 g/mol. The minimum absolute atomic E-state index is 0.00126. The summed E-state index contributed by atoms with van der Waals surface area (Å²) in [5.74, 6) is -0.00126. The van der Waals surface area contributed by atoms with Crippen LogP contribution in [0.2, 0.25) is 5.02 Å². The molecule has 3 rings (SSSR count). The van der Waals surface area contributed by atoms with Crippen molar-refractivity contribution in [1.82, 2.24) is 0 Å². The molecule has 0 fully saturated rings. The van der Waals surface area contributed by atoms with Crippen LogP contribution in [0.25, 0.3) is 0 Å². The molecule has 8 nitrogen and oxygen atoms in total. The van der Waals surface area contributed by atoms with Gasteiger partial charge in [0, 0.05) is 16.8 Å². The van der Waals surface area contributed by atoms with E-state index in [1.165, 1.54) is 66.7 Å². The third kappa shape index (κ3) is 4.89. The number of ether oxygens (including phenoxy) is 1. The second-order valence-electron chi connectivity index (χ2n) is 5.75. The predicted molar refractivity (Wildman–Crippen MR) is 106 cm³/mol. The smallest absolute Gasteiger partial charge is 0.410 e. The third-order valence-electron chi connectivity index (χ3n) is 3.77. The van der Waals surface area contributed by atoms with Crippen LogP contribution >= 0.6 is 11.6 Å². The van der Waals surface area contributed by atoms with Crippen LogP contribution in [-0.2, 0) is 9.84 Å². The van der Waals surface area contributed by atoms with E-state index in [1.54, 1.807) is 0 Å². The molecule has 0 saturated heterocycles. The summed E-state index contributed by atoms with van der Waals surface area (Å²) in [6.07, 6.45) is -0.876. The van der Waals surface area contributed by atoms with E-state index < -0.39 is 20.9 Å². The van der Waals surface area contributed by atoms with Crippen LogP contribution < -0.4 is 10.1 Å². The maximum Gasteiger partial charge on any atom is 0.417 e. The van der Waals surface area contributed by atoms with Gasteiger partial charge in [-0.05, 0) is 54.6 Å². The Bertz CT molecular complexity index is 1160. The molecule has 0 heterocycles. The summed E-state index contributed by atoms with van der Waals surface area (Å²) < 4.78 is 30.2. The molecule has 29 heavy (non-hydrogen) atoms. The fourth-order valence-corrected chi connectivity index (χ4v) is 3.77. The molecule has 0 saturated carbocycles. The number of anilines is 1. The average Bonchev–Trinajstić information content (AvgIpc) is 2.69. The highest BCUT2D eigenvalue weighted by molar-refractivity contribution is 7.91. The number of halogens is 1. The van der Waals surface area contributed by atoms with E-state index in [-0.39, 0.29) is 26.9 Å². The lowest BCUT2D eigenvalue weighted by molar-refractivity contribution is -0.384. The van der Waals surface area contributed by atoms with Crippen LogP contribution in [0.5, 0.6) is 5.75 Å². The molecule has 1 amide bonds. The molecule has 10 heteroatoms. The second kappa shape index (κ2) is 8.29. The number of carbonyl (C=O) groups excluding carboxylic acids is 1. The zero-order valence-electron chi connectivity index (χ0n) is 14.6. The summed E-state index contributed by atoms with van der Waals surface area (Å²) in [5, 5.41) is 13.6. The molecule has 0 aliphatic heterocycles. The number of hydrogen-bond donors (Lipinski definition) is 1. The van der Waals surface area contributed by atoms with Gasteiger partial charge in [-0.15, -0.1) is 0 Å². The molecule has 0 radical (unpaired) electrons. The summed E-state index contributed by atoms with van der Waals surface area (Å²) in [6, 6.07) is 16.4. The Morgan fingerprint density at radius 2 is 1.55 bits per heavy atom. The number of hydrogen-bond acceptors (Lipinski definition) is 6. The Hall–Kier alpha value is -3.43. The number of amides is 1. The highest BCUT2D eigenvalue weighted by Gasteiger charge is 2.18. The lowest BCUT2D eigenvalue weighted by Gasteiger charge is -2.08. The molecule has 3 aromatic rings. The number of nitro groups is 1. The van der Waals surface area contributed by atoms with E-state index >= 15 is 0 Å². The Morgan fingerprint density at radius 1 is 0.966 bits per heavy atom. The van der Waals surface area contributed by atoms with Crippen LogP contribution in [0.1, 0.15) is 0 Å². The summed E-state index contributed by atoms with van der Waals surface area (Å²) in [4.78, 5) is 22.2. The van der Waals surface area contributed by atoms with Gasteiger partial charge in [0.2, 0.25) is 9.84 Å². The first kappa shape index (κ1) is 20.3. The van der Waals surface area contributed by atoms with Crippen molar-refractivity contribution in [2.75, 3.05) is 5.32 Å². The Morgan fingerprint density at radius 3 is 2.14 bits per heavy atom. The molecule has 0 aliphatic rings. The van der Waals surface area contributed by atoms with E-state index in [2.05, 4.69) is 5.32 Å². The topological polar surface area (TPSA) is 116 Å². The SMILES string of the molecule is O=C(Nc1ccc(S(=O)(=O)c2ccc(Cl)cc2)cc1)Oc1cccc([N+](=O)[O-])c1. The number of rotatable bonds is 5. The van der Waals surface area contributed by atoms with Crippen LogP contribution in [0, 0.1) is 10.1 Å². The Labute approximate surface area is 170 Å². The fourth-order valence-electron chi connectivity index (χ4n) is 2.38.